The third kappa shape index (κ3) is 2.76. The SMILES string of the molecule is O=Nc1cc[nH+]c(Nc2ccc(Cl)c(F)c2)c1. The first kappa shape index (κ1) is 11.5. The second-order valence-electron chi connectivity index (χ2n) is 3.31. The number of benzene rings is 1. The Kier molecular flexibility index (Phi) is 3.30. The lowest BCUT2D eigenvalue weighted by Crippen LogP contribution is -2.08. The fraction of sp³-hybridized carbons (Fsp3) is 0. The van der Waals surface area contributed by atoms with E-state index in [4.69, 9.17) is 11.6 Å². The molecule has 4 nitrogen and oxygen atoms in total. The van der Waals surface area contributed by atoms with Crippen LogP contribution in [0.1, 0.15) is 0 Å². The second-order valence-corrected chi connectivity index (χ2v) is 3.71. The van der Waals surface area contributed by atoms with Crippen LogP contribution in [-0.2, 0) is 0 Å². The first-order valence-corrected chi connectivity index (χ1v) is 5.14. The zero-order chi connectivity index (χ0) is 12.3. The smallest absolute Gasteiger partial charge is 0.247 e. The van der Waals surface area contributed by atoms with Crippen LogP contribution in [0.4, 0.5) is 21.6 Å². The molecular weight excluding hydrogens is 245 g/mol. The summed E-state index contributed by atoms with van der Waals surface area (Å²) in [6.07, 6.45) is 1.56. The molecule has 0 aliphatic carbocycles. The lowest BCUT2D eigenvalue weighted by molar-refractivity contribution is -0.360. The lowest BCUT2D eigenvalue weighted by atomic mass is 10.3. The van der Waals surface area contributed by atoms with Crippen LogP contribution in [0.5, 0.6) is 0 Å². The Morgan fingerprint density at radius 3 is 2.82 bits per heavy atom. The van der Waals surface area contributed by atoms with Gasteiger partial charge in [0, 0.05) is 12.1 Å². The molecule has 86 valence electrons. The van der Waals surface area contributed by atoms with E-state index in [0.717, 1.165) is 0 Å². The molecule has 0 saturated carbocycles. The average molecular weight is 253 g/mol. The van der Waals surface area contributed by atoms with E-state index in [0.29, 0.717) is 11.5 Å². The molecule has 1 heterocycles. The lowest BCUT2D eigenvalue weighted by Gasteiger charge is -1.99. The molecule has 2 aromatic rings. The van der Waals surface area contributed by atoms with Gasteiger partial charge in [-0.05, 0) is 17.3 Å². The van der Waals surface area contributed by atoms with Crippen molar-refractivity contribution in [3.05, 3.63) is 52.3 Å². The molecule has 1 aromatic carbocycles. The highest BCUT2D eigenvalue weighted by Crippen LogP contribution is 2.21. The fourth-order valence-corrected chi connectivity index (χ4v) is 1.43. The summed E-state index contributed by atoms with van der Waals surface area (Å²) >= 11 is 5.56. The number of nitroso groups, excluding NO2 is 1. The minimum Gasteiger partial charge on any atom is -0.247 e. The summed E-state index contributed by atoms with van der Waals surface area (Å²) in [7, 11) is 0. The predicted octanol–water partition coefficient (Wildman–Crippen LogP) is 3.43. The van der Waals surface area contributed by atoms with Crippen LogP contribution in [0.2, 0.25) is 5.02 Å². The fourth-order valence-electron chi connectivity index (χ4n) is 1.31. The van der Waals surface area contributed by atoms with Crippen LogP contribution in [-0.4, -0.2) is 0 Å². The molecule has 0 bridgehead atoms. The Hall–Kier alpha value is -2.01. The van der Waals surface area contributed by atoms with E-state index >= 15 is 0 Å². The molecule has 0 spiro atoms. The second kappa shape index (κ2) is 4.88. The van der Waals surface area contributed by atoms with Gasteiger partial charge in [0.05, 0.1) is 17.3 Å². The third-order valence-electron chi connectivity index (χ3n) is 2.09. The Balaban J connectivity index is 2.24. The molecule has 0 atom stereocenters. The molecule has 0 aliphatic heterocycles. The topological polar surface area (TPSA) is 55.6 Å². The zero-order valence-corrected chi connectivity index (χ0v) is 9.33. The number of aromatic nitrogens is 1. The van der Waals surface area contributed by atoms with Crippen LogP contribution >= 0.6 is 11.6 Å². The summed E-state index contributed by atoms with van der Waals surface area (Å²) in [5.41, 5.74) is 0.798. The van der Waals surface area contributed by atoms with Gasteiger partial charge in [-0.3, -0.25) is 0 Å². The summed E-state index contributed by atoms with van der Waals surface area (Å²) in [5.74, 6) is 0.0187. The average Bonchev–Trinajstić information content (AvgIpc) is 2.34. The van der Waals surface area contributed by atoms with Crippen molar-refractivity contribution >= 4 is 28.8 Å². The van der Waals surface area contributed by atoms with Gasteiger partial charge in [0.25, 0.3) is 5.82 Å². The van der Waals surface area contributed by atoms with Crippen molar-refractivity contribution in [2.75, 3.05) is 5.32 Å². The highest BCUT2D eigenvalue weighted by Gasteiger charge is 2.07. The molecular formula is C11H8ClFN3O+. The van der Waals surface area contributed by atoms with E-state index in [1.165, 1.54) is 24.3 Å². The molecule has 1 aromatic heterocycles. The van der Waals surface area contributed by atoms with Crippen molar-refractivity contribution in [2.24, 2.45) is 5.18 Å². The number of H-pyrrole nitrogens is 1. The quantitative estimate of drug-likeness (QED) is 0.851. The van der Waals surface area contributed by atoms with E-state index in [9.17, 15) is 9.30 Å². The van der Waals surface area contributed by atoms with Crippen LogP contribution in [0.3, 0.4) is 0 Å². The van der Waals surface area contributed by atoms with Gasteiger partial charge in [-0.25, -0.2) is 14.7 Å². The van der Waals surface area contributed by atoms with E-state index in [-0.39, 0.29) is 10.7 Å². The number of pyridine rings is 1. The molecule has 0 aliphatic rings. The van der Waals surface area contributed by atoms with Crippen LogP contribution in [0, 0.1) is 10.7 Å². The first-order valence-electron chi connectivity index (χ1n) is 4.76. The van der Waals surface area contributed by atoms with Crippen molar-refractivity contribution in [3.8, 4) is 0 Å². The highest BCUT2D eigenvalue weighted by molar-refractivity contribution is 6.30. The number of aromatic amines is 1. The van der Waals surface area contributed by atoms with Gasteiger partial charge in [-0.15, -0.1) is 4.91 Å². The van der Waals surface area contributed by atoms with Crippen molar-refractivity contribution in [2.45, 2.75) is 0 Å². The maximum atomic E-state index is 13.2. The third-order valence-corrected chi connectivity index (χ3v) is 2.40. The summed E-state index contributed by atoms with van der Waals surface area (Å²) in [6.45, 7) is 0. The summed E-state index contributed by atoms with van der Waals surface area (Å²) in [5, 5.41) is 5.75. The van der Waals surface area contributed by atoms with Gasteiger partial charge in [0.2, 0.25) is 0 Å². The minimum atomic E-state index is -0.513. The van der Waals surface area contributed by atoms with E-state index in [2.05, 4.69) is 15.5 Å². The molecule has 0 amide bonds. The van der Waals surface area contributed by atoms with Crippen molar-refractivity contribution in [3.63, 3.8) is 0 Å². The Labute approximate surface area is 101 Å². The Bertz CT molecular complexity index is 562. The minimum absolute atomic E-state index is 0.0582. The number of hydrogen-bond donors (Lipinski definition) is 1. The van der Waals surface area contributed by atoms with Crippen LogP contribution in [0.15, 0.2) is 41.7 Å². The van der Waals surface area contributed by atoms with Gasteiger partial charge in [-0.1, -0.05) is 11.6 Å². The summed E-state index contributed by atoms with van der Waals surface area (Å²) in [6, 6.07) is 7.37. The van der Waals surface area contributed by atoms with E-state index in [1.54, 1.807) is 12.3 Å². The first-order chi connectivity index (χ1) is 8.19. The summed E-state index contributed by atoms with van der Waals surface area (Å²) < 4.78 is 13.2. The van der Waals surface area contributed by atoms with E-state index in [1.807, 2.05) is 0 Å². The molecule has 6 heteroatoms. The molecule has 0 saturated heterocycles. The van der Waals surface area contributed by atoms with Gasteiger partial charge in [0.15, 0.2) is 0 Å². The van der Waals surface area contributed by atoms with Crippen LogP contribution in [0.25, 0.3) is 0 Å². The largest absolute Gasteiger partial charge is 0.279 e. The van der Waals surface area contributed by atoms with Crippen molar-refractivity contribution in [1.82, 2.24) is 0 Å². The van der Waals surface area contributed by atoms with Gasteiger partial charge < -0.3 is 0 Å². The number of nitrogens with zero attached hydrogens (tertiary/aromatic N) is 1. The zero-order valence-electron chi connectivity index (χ0n) is 8.58. The van der Waals surface area contributed by atoms with Gasteiger partial charge in [-0.2, -0.15) is 0 Å². The van der Waals surface area contributed by atoms with E-state index < -0.39 is 5.82 Å². The molecule has 2 rings (SSSR count). The molecule has 17 heavy (non-hydrogen) atoms. The van der Waals surface area contributed by atoms with Crippen molar-refractivity contribution in [1.29, 1.82) is 0 Å². The molecule has 2 N–H and O–H groups in total. The summed E-state index contributed by atoms with van der Waals surface area (Å²) in [4.78, 5) is 13.2. The van der Waals surface area contributed by atoms with Crippen LogP contribution < -0.4 is 10.3 Å². The Morgan fingerprint density at radius 2 is 2.12 bits per heavy atom. The normalized spacial score (nSPS) is 10.0. The number of nitrogens with one attached hydrogen (secondary N) is 2. The number of halogens is 2. The maximum Gasteiger partial charge on any atom is 0.279 e. The molecule has 0 radical (unpaired) electrons. The Morgan fingerprint density at radius 1 is 1.29 bits per heavy atom. The highest BCUT2D eigenvalue weighted by atomic mass is 35.5. The number of anilines is 2. The molecule has 0 fully saturated rings. The van der Waals surface area contributed by atoms with Crippen molar-refractivity contribution < 1.29 is 9.37 Å². The number of rotatable bonds is 3. The standard InChI is InChI=1S/C11H7ClFN3O/c12-9-2-1-7(5-10(9)13)15-11-6-8(16-17)3-4-14-11/h1-6H,(H,14,15)/p+1. The monoisotopic (exact) mass is 252 g/mol. The maximum absolute atomic E-state index is 13.2. The molecule has 0 unspecified atom stereocenters. The predicted molar refractivity (Wildman–Crippen MR) is 63.1 cm³/mol. The van der Waals surface area contributed by atoms with Gasteiger partial charge >= 0.3 is 0 Å². The van der Waals surface area contributed by atoms with Gasteiger partial charge in [0.1, 0.15) is 17.2 Å². The number of hydrogen-bond acceptors (Lipinski definition) is 3.